The zero-order chi connectivity index (χ0) is 24.5. The SMILES string of the molecule is COc1ccc(OCCn2c(CCCCCNC(=O)c3ccc(F)cc3)nc3ccccc32)cc1. The van der Waals surface area contributed by atoms with Crippen molar-refractivity contribution in [3.63, 3.8) is 0 Å². The second kappa shape index (κ2) is 12.0. The van der Waals surface area contributed by atoms with E-state index >= 15 is 0 Å². The summed E-state index contributed by atoms with van der Waals surface area (Å²) < 4.78 is 26.4. The first kappa shape index (κ1) is 24.3. The molecule has 0 saturated carbocycles. The van der Waals surface area contributed by atoms with Gasteiger partial charge in [0.15, 0.2) is 0 Å². The Balaban J connectivity index is 1.26. The molecular formula is C28H30FN3O3. The van der Waals surface area contributed by atoms with E-state index in [0.29, 0.717) is 25.3 Å². The van der Waals surface area contributed by atoms with Crippen molar-refractivity contribution in [3.8, 4) is 11.5 Å². The molecule has 1 amide bonds. The predicted octanol–water partition coefficient (Wildman–Crippen LogP) is 5.41. The van der Waals surface area contributed by atoms with Crippen molar-refractivity contribution in [3.05, 3.63) is 90.0 Å². The predicted molar refractivity (Wildman–Crippen MR) is 135 cm³/mol. The molecule has 4 rings (SSSR count). The van der Waals surface area contributed by atoms with Crippen molar-refractivity contribution >= 4 is 16.9 Å². The summed E-state index contributed by atoms with van der Waals surface area (Å²) in [6.07, 6.45) is 3.65. The Bertz CT molecular complexity index is 1240. The molecule has 0 bridgehead atoms. The van der Waals surface area contributed by atoms with E-state index in [1.807, 2.05) is 42.5 Å². The smallest absolute Gasteiger partial charge is 0.251 e. The molecule has 1 heterocycles. The largest absolute Gasteiger partial charge is 0.497 e. The molecule has 0 aliphatic carbocycles. The van der Waals surface area contributed by atoms with Crippen molar-refractivity contribution in [2.75, 3.05) is 20.3 Å². The number of nitrogens with one attached hydrogen (secondary N) is 1. The van der Waals surface area contributed by atoms with Gasteiger partial charge in [-0.1, -0.05) is 18.6 Å². The summed E-state index contributed by atoms with van der Waals surface area (Å²) in [7, 11) is 1.64. The van der Waals surface area contributed by atoms with Gasteiger partial charge in [-0.2, -0.15) is 0 Å². The number of fused-ring (bicyclic) bond motifs is 1. The minimum atomic E-state index is -0.347. The highest BCUT2D eigenvalue weighted by atomic mass is 19.1. The fourth-order valence-electron chi connectivity index (χ4n) is 3.98. The molecular weight excluding hydrogens is 445 g/mol. The van der Waals surface area contributed by atoms with E-state index in [9.17, 15) is 9.18 Å². The van der Waals surface area contributed by atoms with Crippen LogP contribution in [0.5, 0.6) is 11.5 Å². The fourth-order valence-corrected chi connectivity index (χ4v) is 3.98. The maximum Gasteiger partial charge on any atom is 0.251 e. The first-order valence-electron chi connectivity index (χ1n) is 11.9. The average molecular weight is 476 g/mol. The maximum atomic E-state index is 13.0. The van der Waals surface area contributed by atoms with Gasteiger partial charge in [-0.3, -0.25) is 4.79 Å². The first-order valence-corrected chi connectivity index (χ1v) is 11.9. The van der Waals surface area contributed by atoms with E-state index < -0.39 is 0 Å². The number of carbonyl (C=O) groups excluding carboxylic acids is 1. The van der Waals surface area contributed by atoms with Crippen LogP contribution in [-0.4, -0.2) is 35.7 Å². The van der Waals surface area contributed by atoms with Crippen molar-refractivity contribution in [1.29, 1.82) is 0 Å². The maximum absolute atomic E-state index is 13.0. The number of rotatable bonds is 12. The number of unbranched alkanes of at least 4 members (excludes halogenated alkanes) is 2. The van der Waals surface area contributed by atoms with Crippen molar-refractivity contribution in [1.82, 2.24) is 14.9 Å². The fraction of sp³-hybridized carbons (Fsp3) is 0.286. The normalized spacial score (nSPS) is 10.9. The lowest BCUT2D eigenvalue weighted by atomic mass is 10.1. The highest BCUT2D eigenvalue weighted by Crippen LogP contribution is 2.20. The third kappa shape index (κ3) is 6.59. The molecule has 1 N–H and O–H groups in total. The summed E-state index contributed by atoms with van der Waals surface area (Å²) >= 11 is 0. The Morgan fingerprint density at radius 2 is 1.69 bits per heavy atom. The molecule has 0 saturated heterocycles. The molecule has 1 aromatic heterocycles. The number of hydrogen-bond donors (Lipinski definition) is 1. The van der Waals surface area contributed by atoms with Gasteiger partial charge < -0.3 is 19.4 Å². The summed E-state index contributed by atoms with van der Waals surface area (Å²) in [6, 6.07) is 21.3. The summed E-state index contributed by atoms with van der Waals surface area (Å²) in [5.74, 6) is 2.12. The van der Waals surface area contributed by atoms with Crippen LogP contribution in [0.25, 0.3) is 11.0 Å². The Morgan fingerprint density at radius 3 is 2.46 bits per heavy atom. The molecule has 0 radical (unpaired) electrons. The van der Waals surface area contributed by atoms with E-state index in [0.717, 1.165) is 54.0 Å². The number of nitrogens with zero attached hydrogens (tertiary/aromatic N) is 2. The van der Waals surface area contributed by atoms with Crippen LogP contribution in [0.1, 0.15) is 35.4 Å². The number of ether oxygens (including phenoxy) is 2. The standard InChI is InChI=1S/C28H30FN3O3/c1-34-23-14-16-24(17-15-23)35-20-19-32-26-8-5-4-7-25(26)31-27(32)9-3-2-6-18-30-28(33)21-10-12-22(29)13-11-21/h4-5,7-8,10-17H,2-3,6,9,18-20H2,1H3,(H,30,33). The number of amides is 1. The highest BCUT2D eigenvalue weighted by molar-refractivity contribution is 5.94. The number of aromatic nitrogens is 2. The second-order valence-corrected chi connectivity index (χ2v) is 8.27. The number of imidazole rings is 1. The molecule has 0 unspecified atom stereocenters. The monoisotopic (exact) mass is 475 g/mol. The molecule has 7 heteroatoms. The summed E-state index contributed by atoms with van der Waals surface area (Å²) in [4.78, 5) is 17.0. The van der Waals surface area contributed by atoms with Crippen molar-refractivity contribution in [2.45, 2.75) is 32.2 Å². The van der Waals surface area contributed by atoms with Crippen molar-refractivity contribution in [2.24, 2.45) is 0 Å². The molecule has 0 aliphatic rings. The van der Waals surface area contributed by atoms with Gasteiger partial charge in [0.2, 0.25) is 0 Å². The summed E-state index contributed by atoms with van der Waals surface area (Å²) in [5, 5.41) is 2.89. The molecule has 35 heavy (non-hydrogen) atoms. The van der Waals surface area contributed by atoms with E-state index in [4.69, 9.17) is 14.5 Å². The topological polar surface area (TPSA) is 65.4 Å². The van der Waals surface area contributed by atoms with Crippen LogP contribution < -0.4 is 14.8 Å². The molecule has 4 aromatic rings. The Labute approximate surface area is 204 Å². The van der Waals surface area contributed by atoms with Crippen molar-refractivity contribution < 1.29 is 18.7 Å². The Hall–Kier alpha value is -3.87. The van der Waals surface area contributed by atoms with Gasteiger partial charge in [0, 0.05) is 18.5 Å². The third-order valence-electron chi connectivity index (χ3n) is 5.85. The Morgan fingerprint density at radius 1 is 0.943 bits per heavy atom. The highest BCUT2D eigenvalue weighted by Gasteiger charge is 2.11. The van der Waals surface area contributed by atoms with Crippen LogP contribution in [-0.2, 0) is 13.0 Å². The minimum absolute atomic E-state index is 0.177. The molecule has 0 atom stereocenters. The lowest BCUT2D eigenvalue weighted by Gasteiger charge is -2.11. The van der Waals surface area contributed by atoms with Crippen LogP contribution in [0.3, 0.4) is 0 Å². The van der Waals surface area contributed by atoms with Gasteiger partial charge in [0.1, 0.15) is 29.7 Å². The lowest BCUT2D eigenvalue weighted by Crippen LogP contribution is -2.24. The van der Waals surface area contributed by atoms with Gasteiger partial charge in [-0.25, -0.2) is 9.37 Å². The van der Waals surface area contributed by atoms with Crippen LogP contribution in [0.15, 0.2) is 72.8 Å². The molecule has 3 aromatic carbocycles. The average Bonchev–Trinajstić information content (AvgIpc) is 3.24. The number of aryl methyl sites for hydroxylation is 1. The van der Waals surface area contributed by atoms with Gasteiger partial charge in [0.25, 0.3) is 5.91 Å². The van der Waals surface area contributed by atoms with Gasteiger partial charge in [-0.15, -0.1) is 0 Å². The van der Waals surface area contributed by atoms with Gasteiger partial charge >= 0.3 is 0 Å². The summed E-state index contributed by atoms with van der Waals surface area (Å²) in [6.45, 7) is 1.83. The molecule has 0 fully saturated rings. The minimum Gasteiger partial charge on any atom is -0.497 e. The number of hydrogen-bond acceptors (Lipinski definition) is 4. The number of halogens is 1. The number of para-hydroxylation sites is 2. The van der Waals surface area contributed by atoms with Crippen LogP contribution in [0, 0.1) is 5.82 Å². The molecule has 6 nitrogen and oxygen atoms in total. The number of benzene rings is 3. The van der Waals surface area contributed by atoms with E-state index in [1.165, 1.54) is 24.3 Å². The lowest BCUT2D eigenvalue weighted by molar-refractivity contribution is 0.0953. The van der Waals surface area contributed by atoms with E-state index in [2.05, 4.69) is 16.0 Å². The molecule has 0 aliphatic heterocycles. The second-order valence-electron chi connectivity index (χ2n) is 8.27. The quantitative estimate of drug-likeness (QED) is 0.279. The number of methoxy groups -OCH3 is 1. The third-order valence-corrected chi connectivity index (χ3v) is 5.85. The number of carbonyl (C=O) groups is 1. The van der Waals surface area contributed by atoms with E-state index in [-0.39, 0.29) is 11.7 Å². The Kier molecular flexibility index (Phi) is 8.33. The van der Waals surface area contributed by atoms with Crippen LogP contribution >= 0.6 is 0 Å². The zero-order valence-corrected chi connectivity index (χ0v) is 19.9. The molecule has 0 spiro atoms. The zero-order valence-electron chi connectivity index (χ0n) is 19.9. The van der Waals surface area contributed by atoms with Gasteiger partial charge in [-0.05, 0) is 73.5 Å². The summed E-state index contributed by atoms with van der Waals surface area (Å²) in [5.41, 5.74) is 2.56. The van der Waals surface area contributed by atoms with E-state index in [1.54, 1.807) is 7.11 Å². The van der Waals surface area contributed by atoms with Crippen LogP contribution in [0.2, 0.25) is 0 Å². The van der Waals surface area contributed by atoms with Crippen LogP contribution in [0.4, 0.5) is 4.39 Å². The first-order chi connectivity index (χ1) is 17.1. The van der Waals surface area contributed by atoms with Gasteiger partial charge in [0.05, 0.1) is 24.7 Å². The molecule has 182 valence electrons.